The minimum Gasteiger partial charge on any atom is -0.454 e. The van der Waals surface area contributed by atoms with Crippen LogP contribution in [0.2, 0.25) is 0 Å². The largest absolute Gasteiger partial charge is 0.454 e. The topological polar surface area (TPSA) is 92.8 Å². The third kappa shape index (κ3) is 3.75. The number of fused-ring (bicyclic) bond motifs is 5. The Morgan fingerprint density at radius 2 is 1.71 bits per heavy atom. The molecule has 4 rings (SSSR count). The van der Waals surface area contributed by atoms with Crippen LogP contribution < -0.4 is 5.32 Å². The highest BCUT2D eigenvalue weighted by Crippen LogP contribution is 2.56. The van der Waals surface area contributed by atoms with Crippen molar-refractivity contribution in [2.45, 2.75) is 53.0 Å². The standard InChI is InChI=1S/C24H30N2O5/c1-12(2)21(26-22(28)19-15-6-7-16(10-15)20(19)23(26)29)24(30)31-11-18(27)25-17-8-5-13(3)9-14(17)4/h5,8-9,12,15-16,19-21H,6-7,10-11H2,1-4H3,(H,25,27)/t15-,16+,19-,20+,21-/m1/s1. The summed E-state index contributed by atoms with van der Waals surface area (Å²) in [6.45, 7) is 6.95. The van der Waals surface area contributed by atoms with Crippen molar-refractivity contribution < 1.29 is 23.9 Å². The summed E-state index contributed by atoms with van der Waals surface area (Å²) in [6.07, 6.45) is 2.90. The number of esters is 1. The summed E-state index contributed by atoms with van der Waals surface area (Å²) in [5.74, 6) is -2.01. The fourth-order valence-electron chi connectivity index (χ4n) is 5.74. The van der Waals surface area contributed by atoms with Gasteiger partial charge in [-0.15, -0.1) is 0 Å². The van der Waals surface area contributed by atoms with Gasteiger partial charge in [0.15, 0.2) is 6.61 Å². The SMILES string of the molecule is Cc1ccc(NC(=O)COC(=O)[C@@H](C(C)C)N2C(=O)[C@@H]3[C@@H]4CC[C@@H](C4)[C@@H]3C2=O)c(C)c1. The molecule has 3 fully saturated rings. The van der Waals surface area contributed by atoms with Crippen molar-refractivity contribution in [3.05, 3.63) is 29.3 Å². The number of rotatable bonds is 6. The lowest BCUT2D eigenvalue weighted by Crippen LogP contribution is -2.50. The molecule has 1 aromatic rings. The second-order valence-corrected chi connectivity index (χ2v) is 9.59. The number of carbonyl (C=O) groups excluding carboxylic acids is 4. The zero-order valence-corrected chi connectivity index (χ0v) is 18.5. The van der Waals surface area contributed by atoms with E-state index in [1.807, 2.05) is 26.0 Å². The molecule has 166 valence electrons. The second kappa shape index (κ2) is 8.09. The van der Waals surface area contributed by atoms with Crippen LogP contribution in [0.1, 0.15) is 44.2 Å². The Hall–Kier alpha value is -2.70. The Morgan fingerprint density at radius 3 is 2.26 bits per heavy atom. The van der Waals surface area contributed by atoms with Gasteiger partial charge < -0.3 is 10.1 Å². The van der Waals surface area contributed by atoms with Crippen LogP contribution in [0.3, 0.4) is 0 Å². The van der Waals surface area contributed by atoms with Gasteiger partial charge in [-0.05, 0) is 62.5 Å². The van der Waals surface area contributed by atoms with E-state index in [4.69, 9.17) is 4.74 Å². The second-order valence-electron chi connectivity index (χ2n) is 9.59. The number of nitrogens with zero attached hydrogens (tertiary/aromatic N) is 1. The summed E-state index contributed by atoms with van der Waals surface area (Å²) < 4.78 is 5.27. The Labute approximate surface area is 182 Å². The number of benzene rings is 1. The fourth-order valence-corrected chi connectivity index (χ4v) is 5.74. The summed E-state index contributed by atoms with van der Waals surface area (Å²) in [7, 11) is 0. The number of amides is 3. The van der Waals surface area contributed by atoms with E-state index in [2.05, 4.69) is 5.32 Å². The molecule has 2 aliphatic carbocycles. The summed E-state index contributed by atoms with van der Waals surface area (Å²) in [4.78, 5) is 52.5. The molecule has 3 amide bonds. The minimum atomic E-state index is -1.00. The lowest BCUT2D eigenvalue weighted by Gasteiger charge is -2.28. The average molecular weight is 427 g/mol. The molecule has 1 heterocycles. The highest BCUT2D eigenvalue weighted by atomic mass is 16.5. The van der Waals surface area contributed by atoms with Crippen LogP contribution in [-0.2, 0) is 23.9 Å². The highest BCUT2D eigenvalue weighted by molar-refractivity contribution is 6.08. The third-order valence-electron chi connectivity index (χ3n) is 7.11. The lowest BCUT2D eigenvalue weighted by molar-refractivity contribution is -0.162. The molecule has 3 aliphatic rings. The van der Waals surface area contributed by atoms with Crippen molar-refractivity contribution in [3.63, 3.8) is 0 Å². The zero-order chi connectivity index (χ0) is 22.4. The van der Waals surface area contributed by atoms with Crippen molar-refractivity contribution in [2.75, 3.05) is 11.9 Å². The van der Waals surface area contributed by atoms with Crippen molar-refractivity contribution in [3.8, 4) is 0 Å². The van der Waals surface area contributed by atoms with E-state index in [1.54, 1.807) is 19.9 Å². The number of anilines is 1. The van der Waals surface area contributed by atoms with Gasteiger partial charge in [-0.3, -0.25) is 19.3 Å². The van der Waals surface area contributed by atoms with Crippen LogP contribution in [0.4, 0.5) is 5.69 Å². The van der Waals surface area contributed by atoms with Gasteiger partial charge in [-0.2, -0.15) is 0 Å². The first-order valence-corrected chi connectivity index (χ1v) is 11.1. The van der Waals surface area contributed by atoms with E-state index in [-0.39, 0.29) is 41.4 Å². The van der Waals surface area contributed by atoms with E-state index < -0.39 is 24.5 Å². The molecule has 5 atom stereocenters. The van der Waals surface area contributed by atoms with Gasteiger partial charge in [0.2, 0.25) is 11.8 Å². The Morgan fingerprint density at radius 1 is 1.10 bits per heavy atom. The minimum absolute atomic E-state index is 0.238. The highest BCUT2D eigenvalue weighted by Gasteiger charge is 2.62. The first kappa shape index (κ1) is 21.5. The zero-order valence-electron chi connectivity index (χ0n) is 18.5. The monoisotopic (exact) mass is 426 g/mol. The van der Waals surface area contributed by atoms with Gasteiger partial charge in [0.05, 0.1) is 11.8 Å². The van der Waals surface area contributed by atoms with E-state index in [9.17, 15) is 19.2 Å². The molecule has 1 N–H and O–H groups in total. The number of likely N-dealkylation sites (tertiary alicyclic amines) is 1. The van der Waals surface area contributed by atoms with E-state index in [0.29, 0.717) is 5.69 Å². The van der Waals surface area contributed by atoms with E-state index in [0.717, 1.165) is 35.3 Å². The molecule has 0 aromatic heterocycles. The molecule has 7 heteroatoms. The molecular weight excluding hydrogens is 396 g/mol. The molecule has 31 heavy (non-hydrogen) atoms. The van der Waals surface area contributed by atoms with Crippen molar-refractivity contribution in [2.24, 2.45) is 29.6 Å². The van der Waals surface area contributed by atoms with Crippen LogP contribution in [0.25, 0.3) is 0 Å². The molecule has 2 saturated carbocycles. The Kier molecular flexibility index (Phi) is 5.62. The van der Waals surface area contributed by atoms with Crippen molar-refractivity contribution in [1.82, 2.24) is 4.90 Å². The van der Waals surface area contributed by atoms with Crippen LogP contribution in [0, 0.1) is 43.4 Å². The molecule has 1 aliphatic heterocycles. The first-order valence-electron chi connectivity index (χ1n) is 11.1. The third-order valence-corrected chi connectivity index (χ3v) is 7.11. The van der Waals surface area contributed by atoms with Crippen LogP contribution in [-0.4, -0.2) is 41.2 Å². The number of ether oxygens (including phenoxy) is 1. The van der Waals surface area contributed by atoms with Gasteiger partial charge in [-0.1, -0.05) is 31.5 Å². The maximum absolute atomic E-state index is 13.1. The van der Waals surface area contributed by atoms with Gasteiger partial charge in [0.25, 0.3) is 5.91 Å². The number of aryl methyl sites for hydroxylation is 2. The van der Waals surface area contributed by atoms with Crippen LogP contribution in [0.5, 0.6) is 0 Å². The van der Waals surface area contributed by atoms with Crippen LogP contribution >= 0.6 is 0 Å². The molecule has 1 saturated heterocycles. The number of hydrogen-bond donors (Lipinski definition) is 1. The normalized spacial score (nSPS) is 27.6. The van der Waals surface area contributed by atoms with Crippen LogP contribution in [0.15, 0.2) is 18.2 Å². The first-order chi connectivity index (χ1) is 14.7. The van der Waals surface area contributed by atoms with Gasteiger partial charge in [0, 0.05) is 5.69 Å². The molecule has 7 nitrogen and oxygen atoms in total. The fraction of sp³-hybridized carbons (Fsp3) is 0.583. The molecule has 0 spiro atoms. The maximum Gasteiger partial charge on any atom is 0.330 e. The molecule has 0 unspecified atom stereocenters. The number of hydrogen-bond acceptors (Lipinski definition) is 5. The average Bonchev–Trinajstić information content (AvgIpc) is 3.38. The number of carbonyl (C=O) groups is 4. The summed E-state index contributed by atoms with van der Waals surface area (Å²) in [6, 6.07) is 4.64. The number of nitrogens with one attached hydrogen (secondary N) is 1. The predicted octanol–water partition coefficient (Wildman–Crippen LogP) is 2.84. The summed E-state index contributed by atoms with van der Waals surface area (Å²) in [5.41, 5.74) is 2.65. The smallest absolute Gasteiger partial charge is 0.330 e. The quantitative estimate of drug-likeness (QED) is 0.558. The van der Waals surface area contributed by atoms with E-state index in [1.165, 1.54) is 0 Å². The predicted molar refractivity (Wildman–Crippen MR) is 114 cm³/mol. The Bertz CT molecular complexity index is 912. The van der Waals surface area contributed by atoms with Crippen molar-refractivity contribution in [1.29, 1.82) is 0 Å². The van der Waals surface area contributed by atoms with Gasteiger partial charge >= 0.3 is 5.97 Å². The van der Waals surface area contributed by atoms with Gasteiger partial charge in [0.1, 0.15) is 6.04 Å². The molecule has 1 aromatic carbocycles. The summed E-state index contributed by atoms with van der Waals surface area (Å²) >= 11 is 0. The summed E-state index contributed by atoms with van der Waals surface area (Å²) in [5, 5.41) is 2.74. The lowest BCUT2D eigenvalue weighted by atomic mass is 9.81. The Balaban J connectivity index is 1.42. The van der Waals surface area contributed by atoms with Crippen molar-refractivity contribution >= 4 is 29.4 Å². The number of imide groups is 1. The molecular formula is C24H30N2O5. The van der Waals surface area contributed by atoms with E-state index >= 15 is 0 Å². The maximum atomic E-state index is 13.1. The van der Waals surface area contributed by atoms with Gasteiger partial charge in [-0.25, -0.2) is 4.79 Å². The molecule has 2 bridgehead atoms. The molecule has 0 radical (unpaired) electrons.